The van der Waals surface area contributed by atoms with Crippen LogP contribution in [0.15, 0.2) is 60.7 Å². The fourth-order valence-electron chi connectivity index (χ4n) is 7.64. The molecule has 2 fully saturated rings. The number of rotatable bonds is 9. The number of amides is 2. The van der Waals surface area contributed by atoms with Gasteiger partial charge in [-0.05, 0) is 67.7 Å². The maximum Gasteiger partial charge on any atom is 0.254 e. The van der Waals surface area contributed by atoms with Crippen molar-refractivity contribution in [3.63, 3.8) is 0 Å². The summed E-state index contributed by atoms with van der Waals surface area (Å²) in [4.78, 5) is 34.6. The summed E-state index contributed by atoms with van der Waals surface area (Å²) in [7, 11) is 8.26. The van der Waals surface area contributed by atoms with Gasteiger partial charge >= 0.3 is 0 Å². The number of likely N-dealkylation sites (tertiary alicyclic amines) is 2. The van der Waals surface area contributed by atoms with E-state index in [1.807, 2.05) is 55.4 Å². The number of ether oxygens (including phenoxy) is 3. The van der Waals surface area contributed by atoms with E-state index in [0.29, 0.717) is 65.2 Å². The van der Waals surface area contributed by atoms with Crippen molar-refractivity contribution in [2.45, 2.75) is 43.1 Å². The Morgan fingerprint density at radius 1 is 0.870 bits per heavy atom. The molecule has 246 valence electrons. The van der Waals surface area contributed by atoms with Crippen LogP contribution < -0.4 is 14.2 Å². The first-order valence-electron chi connectivity index (χ1n) is 15.6. The van der Waals surface area contributed by atoms with Crippen LogP contribution in [0.2, 0.25) is 10.0 Å². The van der Waals surface area contributed by atoms with Crippen molar-refractivity contribution in [3.8, 4) is 17.2 Å². The van der Waals surface area contributed by atoms with E-state index < -0.39 is 10.8 Å². The van der Waals surface area contributed by atoms with Gasteiger partial charge in [0, 0.05) is 44.2 Å². The van der Waals surface area contributed by atoms with E-state index in [9.17, 15) is 9.59 Å². The van der Waals surface area contributed by atoms with Gasteiger partial charge in [-0.25, -0.2) is 0 Å². The van der Waals surface area contributed by atoms with Crippen molar-refractivity contribution in [1.29, 1.82) is 0 Å². The summed E-state index contributed by atoms with van der Waals surface area (Å²) in [6, 6.07) is 19.2. The molecule has 2 aliphatic rings. The Morgan fingerprint density at radius 2 is 1.54 bits per heavy atom. The number of piperidine rings is 1. The smallest absolute Gasteiger partial charge is 0.254 e. The number of nitrogens with zero attached hydrogens (tertiary/aromatic N) is 3. The molecule has 3 aromatic carbocycles. The first-order chi connectivity index (χ1) is 22.0. The maximum atomic E-state index is 14.3. The predicted octanol–water partition coefficient (Wildman–Crippen LogP) is 6.31. The van der Waals surface area contributed by atoms with Crippen LogP contribution in [0.1, 0.15) is 47.7 Å². The Labute approximate surface area is 282 Å². The summed E-state index contributed by atoms with van der Waals surface area (Å²) in [5.41, 5.74) is 1.21. The molecule has 3 aromatic rings. The number of methoxy groups -OCH3 is 3. The molecule has 0 spiro atoms. The molecule has 2 aliphatic heterocycles. The summed E-state index contributed by atoms with van der Waals surface area (Å²) in [5.74, 6) is 1.21. The zero-order chi connectivity index (χ0) is 33.2. The minimum absolute atomic E-state index is 0.0784. The first kappa shape index (κ1) is 33.9. The third kappa shape index (κ3) is 5.91. The minimum atomic E-state index is -0.724. The van der Waals surface area contributed by atoms with Crippen LogP contribution in [0, 0.1) is 0 Å². The molecule has 5 rings (SSSR count). The summed E-state index contributed by atoms with van der Waals surface area (Å²) in [5, 5.41) is 0.937. The molecule has 0 aromatic heterocycles. The molecule has 2 saturated heterocycles. The highest BCUT2D eigenvalue weighted by Gasteiger charge is 2.56. The normalized spacial score (nSPS) is 23.2. The van der Waals surface area contributed by atoms with Gasteiger partial charge in [-0.3, -0.25) is 14.5 Å². The van der Waals surface area contributed by atoms with E-state index in [2.05, 4.69) is 24.0 Å². The summed E-state index contributed by atoms with van der Waals surface area (Å²) in [6.07, 6.45) is 1.97. The molecule has 0 N–H and O–H groups in total. The van der Waals surface area contributed by atoms with Gasteiger partial charge < -0.3 is 24.0 Å². The van der Waals surface area contributed by atoms with Crippen LogP contribution in [0.4, 0.5) is 0 Å². The van der Waals surface area contributed by atoms with Crippen molar-refractivity contribution in [2.24, 2.45) is 0 Å². The van der Waals surface area contributed by atoms with E-state index in [4.69, 9.17) is 37.4 Å². The average Bonchev–Trinajstić information content (AvgIpc) is 3.54. The fraction of sp³-hybridized carbons (Fsp3) is 0.444. The molecule has 8 nitrogen and oxygen atoms in total. The lowest BCUT2D eigenvalue weighted by atomic mass is 9.61. The molecule has 3 atom stereocenters. The fourth-order valence-corrected chi connectivity index (χ4v) is 7.94. The topological polar surface area (TPSA) is 71.6 Å². The van der Waals surface area contributed by atoms with Gasteiger partial charge in [-0.15, -0.1) is 0 Å². The average molecular weight is 669 g/mol. The predicted molar refractivity (Wildman–Crippen MR) is 182 cm³/mol. The number of carbonyl (C=O) groups excluding carboxylic acids is 2. The quantitative estimate of drug-likeness (QED) is 0.266. The number of likely N-dealkylation sites (N-methyl/N-ethyl adjacent to an activating group) is 2. The maximum absolute atomic E-state index is 14.3. The van der Waals surface area contributed by atoms with Crippen molar-refractivity contribution in [1.82, 2.24) is 14.7 Å². The second kappa shape index (κ2) is 13.7. The number of benzene rings is 3. The molecule has 2 amide bonds. The van der Waals surface area contributed by atoms with E-state index in [-0.39, 0.29) is 17.9 Å². The molecule has 2 heterocycles. The lowest BCUT2D eigenvalue weighted by molar-refractivity contribution is -0.138. The van der Waals surface area contributed by atoms with E-state index >= 15 is 0 Å². The summed E-state index contributed by atoms with van der Waals surface area (Å²) >= 11 is 13.1. The van der Waals surface area contributed by atoms with Gasteiger partial charge in [0.1, 0.15) is 0 Å². The lowest BCUT2D eigenvalue weighted by Crippen LogP contribution is -2.62. The zero-order valence-corrected chi connectivity index (χ0v) is 29.0. The standard InChI is InChI=1S/C36H43Cl2N3O5/c1-7-40-17-15-35(34(43)39(2)3,25-11-9-8-10-12-25)22-31(40)36(26-13-14-27(37)28(38)21-26)16-18-41(23-36)33(42)24-19-29(44-4)32(46-6)30(20-24)45-5/h8-14,19-21,31H,7,15-18,22-23H2,1-6H3. The highest BCUT2D eigenvalue weighted by atomic mass is 35.5. The number of halogens is 2. The molecular formula is C36H43Cl2N3O5. The highest BCUT2D eigenvalue weighted by molar-refractivity contribution is 6.42. The van der Waals surface area contributed by atoms with E-state index in [1.165, 1.54) is 21.3 Å². The van der Waals surface area contributed by atoms with Gasteiger partial charge in [0.25, 0.3) is 5.91 Å². The molecule has 0 aliphatic carbocycles. The molecule has 0 saturated carbocycles. The van der Waals surface area contributed by atoms with Crippen LogP contribution in [0.25, 0.3) is 0 Å². The Bertz CT molecular complexity index is 1560. The Balaban J connectivity index is 1.63. The van der Waals surface area contributed by atoms with Crippen LogP contribution >= 0.6 is 23.2 Å². The Hall–Kier alpha value is -3.46. The van der Waals surface area contributed by atoms with Gasteiger partial charge in [-0.1, -0.05) is 66.5 Å². The SMILES string of the molecule is CCN1CCC(C(=O)N(C)C)(c2ccccc2)CC1C1(c2ccc(Cl)c(Cl)c2)CCN(C(=O)c2cc(OC)c(OC)c(OC)c2)C1. The zero-order valence-electron chi connectivity index (χ0n) is 27.4. The number of carbonyl (C=O) groups is 2. The van der Waals surface area contributed by atoms with Crippen molar-refractivity contribution < 1.29 is 23.8 Å². The van der Waals surface area contributed by atoms with Gasteiger partial charge in [-0.2, -0.15) is 0 Å². The summed E-state index contributed by atoms with van der Waals surface area (Å²) in [6.45, 7) is 4.65. The minimum Gasteiger partial charge on any atom is -0.493 e. The largest absolute Gasteiger partial charge is 0.493 e. The summed E-state index contributed by atoms with van der Waals surface area (Å²) < 4.78 is 16.6. The Morgan fingerprint density at radius 3 is 2.11 bits per heavy atom. The molecule has 3 unspecified atom stereocenters. The number of hydrogen-bond donors (Lipinski definition) is 0. The second-order valence-corrected chi connectivity index (χ2v) is 13.2. The second-order valence-electron chi connectivity index (χ2n) is 12.4. The van der Waals surface area contributed by atoms with Gasteiger partial charge in [0.15, 0.2) is 11.5 Å². The molecule has 0 bridgehead atoms. The van der Waals surface area contributed by atoms with Crippen molar-refractivity contribution in [2.75, 3.05) is 61.6 Å². The monoisotopic (exact) mass is 667 g/mol. The lowest BCUT2D eigenvalue weighted by Gasteiger charge is -2.53. The van der Waals surface area contributed by atoms with Crippen LogP contribution in [-0.2, 0) is 15.6 Å². The van der Waals surface area contributed by atoms with Crippen LogP contribution in [0.3, 0.4) is 0 Å². The molecular weight excluding hydrogens is 625 g/mol. The highest BCUT2D eigenvalue weighted by Crippen LogP contribution is 2.50. The molecule has 46 heavy (non-hydrogen) atoms. The van der Waals surface area contributed by atoms with Crippen LogP contribution in [-0.4, -0.2) is 94.2 Å². The third-order valence-corrected chi connectivity index (χ3v) is 10.7. The van der Waals surface area contributed by atoms with Crippen LogP contribution in [0.5, 0.6) is 17.2 Å². The van der Waals surface area contributed by atoms with Crippen molar-refractivity contribution in [3.05, 3.63) is 87.4 Å². The molecule has 0 radical (unpaired) electrons. The first-order valence-corrected chi connectivity index (χ1v) is 16.4. The Kier molecular flexibility index (Phi) is 10.1. The van der Waals surface area contributed by atoms with Crippen molar-refractivity contribution >= 4 is 35.0 Å². The third-order valence-electron chi connectivity index (χ3n) is 9.99. The van der Waals surface area contributed by atoms with E-state index in [1.54, 1.807) is 17.0 Å². The number of hydrogen-bond acceptors (Lipinski definition) is 6. The van der Waals surface area contributed by atoms with Gasteiger partial charge in [0.05, 0.1) is 36.8 Å². The van der Waals surface area contributed by atoms with Gasteiger partial charge in [0.2, 0.25) is 11.7 Å². The van der Waals surface area contributed by atoms with E-state index in [0.717, 1.165) is 24.2 Å². The molecule has 10 heteroatoms.